The summed E-state index contributed by atoms with van der Waals surface area (Å²) in [4.78, 5) is 10.3. The quantitative estimate of drug-likeness (QED) is 0.594. The van der Waals surface area contributed by atoms with Gasteiger partial charge in [-0.25, -0.2) is 18.7 Å². The molecule has 10 heteroatoms. The average Bonchev–Trinajstić information content (AvgIpc) is 3.07. The van der Waals surface area contributed by atoms with Gasteiger partial charge in [-0.15, -0.1) is 0 Å². The van der Waals surface area contributed by atoms with Crippen LogP contribution in [0.5, 0.6) is 11.5 Å². The van der Waals surface area contributed by atoms with Crippen molar-refractivity contribution < 1.29 is 18.3 Å². The van der Waals surface area contributed by atoms with Crippen molar-refractivity contribution >= 4 is 45.6 Å². The SMILES string of the molecule is COc1cc(OC)c(Cl)c(-c2cc3cnc(N)cc3c(N3CCC(F)(F)C3)n2)c1Cl. The number of fused-ring (bicyclic) bond motifs is 1. The summed E-state index contributed by atoms with van der Waals surface area (Å²) in [6, 6.07) is 4.91. The van der Waals surface area contributed by atoms with Gasteiger partial charge in [-0.3, -0.25) is 0 Å². The fraction of sp³-hybridized carbons (Fsp3) is 0.300. The molecular weight excluding hydrogens is 437 g/mol. The second-order valence-corrected chi connectivity index (χ2v) is 7.73. The molecule has 1 aliphatic heterocycles. The van der Waals surface area contributed by atoms with Gasteiger partial charge in [0.25, 0.3) is 5.92 Å². The maximum absolute atomic E-state index is 13.9. The van der Waals surface area contributed by atoms with Gasteiger partial charge in [-0.2, -0.15) is 0 Å². The number of rotatable bonds is 4. The minimum absolute atomic E-state index is 0.156. The minimum Gasteiger partial charge on any atom is -0.495 e. The molecule has 0 spiro atoms. The van der Waals surface area contributed by atoms with Gasteiger partial charge in [0.05, 0.1) is 36.5 Å². The number of alkyl halides is 2. The Morgan fingerprint density at radius 2 is 1.77 bits per heavy atom. The highest BCUT2D eigenvalue weighted by Crippen LogP contribution is 2.47. The Morgan fingerprint density at radius 1 is 1.10 bits per heavy atom. The Hall–Kier alpha value is -2.58. The zero-order valence-corrected chi connectivity index (χ0v) is 17.7. The number of nitrogen functional groups attached to an aromatic ring is 1. The van der Waals surface area contributed by atoms with Crippen molar-refractivity contribution in [2.45, 2.75) is 12.3 Å². The molecule has 3 heterocycles. The maximum Gasteiger partial charge on any atom is 0.266 e. The van der Waals surface area contributed by atoms with Gasteiger partial charge in [0.2, 0.25) is 0 Å². The van der Waals surface area contributed by atoms with E-state index in [1.807, 2.05) is 0 Å². The van der Waals surface area contributed by atoms with Crippen LogP contribution in [0.15, 0.2) is 24.4 Å². The summed E-state index contributed by atoms with van der Waals surface area (Å²) in [7, 11) is 2.94. The summed E-state index contributed by atoms with van der Waals surface area (Å²) in [5.41, 5.74) is 6.59. The lowest BCUT2D eigenvalue weighted by atomic mass is 10.1. The second-order valence-electron chi connectivity index (χ2n) is 6.97. The summed E-state index contributed by atoms with van der Waals surface area (Å²) < 4.78 is 38.5. The van der Waals surface area contributed by atoms with Crippen LogP contribution in [0.25, 0.3) is 22.0 Å². The third kappa shape index (κ3) is 3.54. The molecule has 158 valence electrons. The lowest BCUT2D eigenvalue weighted by Crippen LogP contribution is -2.26. The Labute approximate surface area is 181 Å². The summed E-state index contributed by atoms with van der Waals surface area (Å²) in [5.74, 6) is -1.47. The predicted octanol–water partition coefficient (Wildman–Crippen LogP) is 5.05. The average molecular weight is 455 g/mol. The number of nitrogens with zero attached hydrogens (tertiary/aromatic N) is 3. The van der Waals surface area contributed by atoms with E-state index in [1.165, 1.54) is 19.1 Å². The first-order valence-corrected chi connectivity index (χ1v) is 9.79. The molecule has 0 radical (unpaired) electrons. The molecule has 2 N–H and O–H groups in total. The van der Waals surface area contributed by atoms with Crippen molar-refractivity contribution in [1.29, 1.82) is 0 Å². The molecule has 0 saturated carbocycles. The first-order valence-electron chi connectivity index (χ1n) is 9.03. The first kappa shape index (κ1) is 20.7. The van der Waals surface area contributed by atoms with Crippen LogP contribution in [-0.4, -0.2) is 43.2 Å². The van der Waals surface area contributed by atoms with Crippen LogP contribution >= 0.6 is 23.2 Å². The van der Waals surface area contributed by atoms with Gasteiger partial charge in [0.15, 0.2) is 0 Å². The van der Waals surface area contributed by atoms with Gasteiger partial charge < -0.3 is 20.1 Å². The van der Waals surface area contributed by atoms with E-state index < -0.39 is 12.5 Å². The number of nitrogens with two attached hydrogens (primary N) is 1. The van der Waals surface area contributed by atoms with E-state index >= 15 is 0 Å². The molecule has 6 nitrogen and oxygen atoms in total. The molecule has 0 unspecified atom stereocenters. The Balaban J connectivity index is 1.99. The third-order valence-corrected chi connectivity index (χ3v) is 5.76. The van der Waals surface area contributed by atoms with Gasteiger partial charge in [-0.1, -0.05) is 23.2 Å². The van der Waals surface area contributed by atoms with Crippen LogP contribution < -0.4 is 20.1 Å². The third-order valence-electron chi connectivity index (χ3n) is 5.01. The van der Waals surface area contributed by atoms with Crippen molar-refractivity contribution in [1.82, 2.24) is 9.97 Å². The largest absolute Gasteiger partial charge is 0.495 e. The number of methoxy groups -OCH3 is 2. The van der Waals surface area contributed by atoms with E-state index in [0.29, 0.717) is 39.3 Å². The number of ether oxygens (including phenoxy) is 2. The van der Waals surface area contributed by atoms with E-state index in [1.54, 1.807) is 24.4 Å². The van der Waals surface area contributed by atoms with Gasteiger partial charge >= 0.3 is 0 Å². The summed E-state index contributed by atoms with van der Waals surface area (Å²) in [6.07, 6.45) is 1.31. The second kappa shape index (κ2) is 7.59. The van der Waals surface area contributed by atoms with Gasteiger partial charge in [0.1, 0.15) is 23.1 Å². The minimum atomic E-state index is -2.79. The molecule has 1 aromatic carbocycles. The highest BCUT2D eigenvalue weighted by Gasteiger charge is 2.39. The Kier molecular flexibility index (Phi) is 5.23. The monoisotopic (exact) mass is 454 g/mol. The Morgan fingerprint density at radius 3 is 2.33 bits per heavy atom. The predicted molar refractivity (Wildman–Crippen MR) is 114 cm³/mol. The number of halogens is 4. The van der Waals surface area contributed by atoms with Gasteiger partial charge in [0, 0.05) is 41.6 Å². The van der Waals surface area contributed by atoms with Crippen molar-refractivity contribution in [3.63, 3.8) is 0 Å². The topological polar surface area (TPSA) is 73.5 Å². The fourth-order valence-electron chi connectivity index (χ4n) is 3.54. The molecule has 2 aromatic heterocycles. The molecule has 0 atom stereocenters. The number of hydrogen-bond acceptors (Lipinski definition) is 6. The number of benzene rings is 1. The molecule has 1 fully saturated rings. The summed E-state index contributed by atoms with van der Waals surface area (Å²) >= 11 is 13.1. The molecule has 4 rings (SSSR count). The van der Waals surface area contributed by atoms with Crippen molar-refractivity contribution in [2.75, 3.05) is 37.9 Å². The van der Waals surface area contributed by atoms with Crippen molar-refractivity contribution in [3.8, 4) is 22.8 Å². The molecule has 1 saturated heterocycles. The smallest absolute Gasteiger partial charge is 0.266 e. The van der Waals surface area contributed by atoms with Crippen molar-refractivity contribution in [2.24, 2.45) is 0 Å². The summed E-state index contributed by atoms with van der Waals surface area (Å²) in [6.45, 7) is -0.284. The highest BCUT2D eigenvalue weighted by molar-refractivity contribution is 6.41. The maximum atomic E-state index is 13.9. The molecule has 3 aromatic rings. The lowest BCUT2D eigenvalue weighted by molar-refractivity contribution is 0.0257. The summed E-state index contributed by atoms with van der Waals surface area (Å²) in [5, 5.41) is 1.74. The number of hydrogen-bond donors (Lipinski definition) is 1. The van der Waals surface area contributed by atoms with Crippen LogP contribution in [-0.2, 0) is 0 Å². The van der Waals surface area contributed by atoms with Crippen molar-refractivity contribution in [3.05, 3.63) is 34.4 Å². The first-order chi connectivity index (χ1) is 14.2. The zero-order valence-electron chi connectivity index (χ0n) is 16.2. The van der Waals surface area contributed by atoms with E-state index in [9.17, 15) is 8.78 Å². The van der Waals surface area contributed by atoms with E-state index in [-0.39, 0.29) is 28.8 Å². The fourth-order valence-corrected chi connectivity index (χ4v) is 4.24. The van der Waals surface area contributed by atoms with Crippen LogP contribution in [0.2, 0.25) is 10.0 Å². The molecule has 1 aliphatic rings. The molecule has 0 aliphatic carbocycles. The lowest BCUT2D eigenvalue weighted by Gasteiger charge is -2.21. The van der Waals surface area contributed by atoms with Crippen LogP contribution in [0.3, 0.4) is 0 Å². The van der Waals surface area contributed by atoms with Gasteiger partial charge in [-0.05, 0) is 12.1 Å². The molecule has 0 amide bonds. The highest BCUT2D eigenvalue weighted by atomic mass is 35.5. The number of pyridine rings is 2. The normalized spacial score (nSPS) is 15.6. The van der Waals surface area contributed by atoms with Crippen LogP contribution in [0, 0.1) is 0 Å². The number of anilines is 2. The molecule has 0 bridgehead atoms. The molecule has 30 heavy (non-hydrogen) atoms. The molecular formula is C20H18Cl2F2N4O2. The standard InChI is InChI=1S/C20H18Cl2F2N4O2/c1-29-13-7-14(30-2)18(22)16(17(13)21)12-5-10-8-26-15(25)6-11(10)19(27-12)28-4-3-20(23,24)9-28/h5-8H,3-4,9H2,1-2H3,(H2,25,26). The number of aromatic nitrogens is 2. The van der Waals surface area contributed by atoms with E-state index in [4.69, 9.17) is 38.4 Å². The van der Waals surface area contributed by atoms with Crippen LogP contribution in [0.4, 0.5) is 20.4 Å². The van der Waals surface area contributed by atoms with Crippen LogP contribution in [0.1, 0.15) is 6.42 Å². The van der Waals surface area contributed by atoms with E-state index in [0.717, 1.165) is 0 Å². The van der Waals surface area contributed by atoms with E-state index in [2.05, 4.69) is 9.97 Å². The Bertz CT molecular complexity index is 1120. The zero-order chi connectivity index (χ0) is 21.6.